The normalized spacial score (nSPS) is 20.1. The van der Waals surface area contributed by atoms with Crippen LogP contribution in [0.2, 0.25) is 0 Å². The number of halogens is 1. The molecule has 2 atom stereocenters. The van der Waals surface area contributed by atoms with Crippen LogP contribution in [0.1, 0.15) is 17.4 Å². The molecule has 2 aliphatic heterocycles. The fourth-order valence-electron chi connectivity index (χ4n) is 5.48. The minimum absolute atomic E-state index is 0. The van der Waals surface area contributed by atoms with Gasteiger partial charge in [-0.25, -0.2) is 0 Å². The molecule has 4 rings (SSSR count). The molecule has 0 spiro atoms. The Morgan fingerprint density at radius 1 is 1.12 bits per heavy atom. The lowest BCUT2D eigenvalue weighted by Crippen LogP contribution is -2.61. The Morgan fingerprint density at radius 2 is 1.85 bits per heavy atom. The Labute approximate surface area is 243 Å². The number of piperazine rings is 2. The molecule has 12 heteroatoms. The van der Waals surface area contributed by atoms with E-state index in [1.165, 1.54) is 0 Å². The van der Waals surface area contributed by atoms with E-state index < -0.39 is 0 Å². The van der Waals surface area contributed by atoms with Gasteiger partial charge < -0.3 is 39.2 Å². The van der Waals surface area contributed by atoms with Gasteiger partial charge in [-0.2, -0.15) is 0 Å². The fourth-order valence-corrected chi connectivity index (χ4v) is 5.48. The molecule has 3 heterocycles. The summed E-state index contributed by atoms with van der Waals surface area (Å²) in [6.45, 7) is 8.85. The quantitative estimate of drug-likeness (QED) is 0.371. The Balaban J connectivity index is 0.00000441. The van der Waals surface area contributed by atoms with Crippen molar-refractivity contribution in [3.8, 4) is 5.75 Å². The van der Waals surface area contributed by atoms with E-state index in [1.54, 1.807) is 7.11 Å². The van der Waals surface area contributed by atoms with Crippen molar-refractivity contribution < 1.29 is 24.2 Å². The number of aromatic nitrogens is 1. The molecule has 1 aromatic heterocycles. The molecule has 0 aliphatic carbocycles. The molecule has 0 unspecified atom stereocenters. The Bertz CT molecular complexity index is 1120. The van der Waals surface area contributed by atoms with E-state index in [1.807, 2.05) is 45.7 Å². The molecule has 224 valence electrons. The van der Waals surface area contributed by atoms with E-state index in [0.717, 1.165) is 42.8 Å². The van der Waals surface area contributed by atoms with Gasteiger partial charge in [0.15, 0.2) is 0 Å². The first-order valence-electron chi connectivity index (χ1n) is 13.9. The number of amides is 2. The van der Waals surface area contributed by atoms with Gasteiger partial charge in [0.05, 0.1) is 39.0 Å². The number of aliphatic hydroxyl groups is 1. The number of nitrogens with one attached hydrogen (secondary N) is 1. The summed E-state index contributed by atoms with van der Waals surface area (Å²) < 4.78 is 12.7. The smallest absolute Gasteiger partial charge is 0.270 e. The highest BCUT2D eigenvalue weighted by atomic mass is 35.5. The second-order valence-corrected chi connectivity index (χ2v) is 10.7. The molecule has 11 nitrogen and oxygen atoms in total. The summed E-state index contributed by atoms with van der Waals surface area (Å²) in [5.74, 6) is 0.864. The number of likely N-dealkylation sites (N-methyl/N-ethyl adjacent to an activating group) is 1. The van der Waals surface area contributed by atoms with Crippen LogP contribution in [0, 0.1) is 0 Å². The van der Waals surface area contributed by atoms with Crippen molar-refractivity contribution >= 4 is 35.1 Å². The largest absolute Gasteiger partial charge is 0.497 e. The summed E-state index contributed by atoms with van der Waals surface area (Å²) in [5, 5.41) is 13.4. The highest BCUT2D eigenvalue weighted by Gasteiger charge is 2.31. The Morgan fingerprint density at radius 3 is 2.55 bits per heavy atom. The lowest BCUT2D eigenvalue weighted by atomic mass is 10.1. The third kappa shape index (κ3) is 7.86. The monoisotopic (exact) mass is 580 g/mol. The van der Waals surface area contributed by atoms with Gasteiger partial charge in [0.25, 0.3) is 5.91 Å². The summed E-state index contributed by atoms with van der Waals surface area (Å²) in [6.07, 6.45) is 0. The first-order chi connectivity index (χ1) is 18.8. The number of fused-ring (bicyclic) bond motifs is 1. The van der Waals surface area contributed by atoms with Crippen molar-refractivity contribution in [2.75, 3.05) is 92.9 Å². The third-order valence-corrected chi connectivity index (χ3v) is 7.83. The molecule has 2 amide bonds. The van der Waals surface area contributed by atoms with Gasteiger partial charge in [-0.15, -0.1) is 12.4 Å². The number of carbonyl (C=O) groups is 2. The second kappa shape index (κ2) is 15.0. The van der Waals surface area contributed by atoms with Gasteiger partial charge >= 0.3 is 0 Å². The standard InChI is InChI=1S/C28H44N6O5.ClH/c1-21-18-34(23(17-29-21)19-30(2)11-13-39-14-12-35)20-27(36)32-7-9-33(10-8-32)28(37)26-15-22-5-6-24(38-4)16-25(22)31(26)3;/h5-6,15-16,21,23,29,35H,7-14,17-20H2,1-4H3;1H/t21-,23-;/m1./s1. The van der Waals surface area contributed by atoms with Gasteiger partial charge in [0.1, 0.15) is 11.4 Å². The molecule has 0 radical (unpaired) electrons. The van der Waals surface area contributed by atoms with Crippen LogP contribution in [0.5, 0.6) is 5.75 Å². The van der Waals surface area contributed by atoms with Crippen LogP contribution in [0.4, 0.5) is 0 Å². The number of carbonyl (C=O) groups excluding carboxylic acids is 2. The Kier molecular flexibility index (Phi) is 12.0. The summed E-state index contributed by atoms with van der Waals surface area (Å²) in [4.78, 5) is 34.9. The van der Waals surface area contributed by atoms with Crippen LogP contribution in [-0.4, -0.2) is 146 Å². The minimum Gasteiger partial charge on any atom is -0.497 e. The maximum absolute atomic E-state index is 13.4. The topological polar surface area (TPSA) is 103 Å². The molecule has 2 aliphatic rings. The summed E-state index contributed by atoms with van der Waals surface area (Å²) in [5.41, 5.74) is 1.59. The third-order valence-electron chi connectivity index (χ3n) is 7.83. The number of ether oxygens (including phenoxy) is 2. The lowest BCUT2D eigenvalue weighted by Gasteiger charge is -2.42. The molecule has 40 heavy (non-hydrogen) atoms. The molecule has 2 fully saturated rings. The van der Waals surface area contributed by atoms with E-state index in [4.69, 9.17) is 14.6 Å². The zero-order valence-corrected chi connectivity index (χ0v) is 25.0. The van der Waals surface area contributed by atoms with Gasteiger partial charge in [-0.05, 0) is 32.2 Å². The number of aliphatic hydroxyl groups excluding tert-OH is 1. The van der Waals surface area contributed by atoms with E-state index in [-0.39, 0.29) is 36.9 Å². The number of rotatable bonds is 11. The fraction of sp³-hybridized carbons (Fsp3) is 0.643. The summed E-state index contributed by atoms with van der Waals surface area (Å²) in [7, 11) is 5.60. The zero-order chi connectivity index (χ0) is 27.9. The van der Waals surface area contributed by atoms with Crippen molar-refractivity contribution in [3.63, 3.8) is 0 Å². The SMILES string of the molecule is COc1ccc2cc(C(=O)N3CCN(C(=O)CN4C[C@@H](C)NC[C@@H]4CN(C)CCOCCO)CC3)n(C)c2c1.Cl. The van der Waals surface area contributed by atoms with E-state index >= 15 is 0 Å². The second-order valence-electron chi connectivity index (χ2n) is 10.7. The molecule has 2 saturated heterocycles. The molecule has 0 bridgehead atoms. The van der Waals surface area contributed by atoms with Crippen molar-refractivity contribution in [1.82, 2.24) is 29.5 Å². The summed E-state index contributed by atoms with van der Waals surface area (Å²) >= 11 is 0. The Hall–Kier alpha value is -2.41. The van der Waals surface area contributed by atoms with Crippen LogP contribution in [-0.2, 0) is 16.6 Å². The molecule has 1 aromatic carbocycles. The van der Waals surface area contributed by atoms with E-state index in [2.05, 4.69) is 29.1 Å². The molecule has 0 saturated carbocycles. The average Bonchev–Trinajstić information content (AvgIpc) is 3.27. The molecule has 2 N–H and O–H groups in total. The minimum atomic E-state index is -0.0123. The predicted octanol–water partition coefficient (Wildman–Crippen LogP) is 0.496. The van der Waals surface area contributed by atoms with Gasteiger partial charge in [0, 0.05) is 82.9 Å². The van der Waals surface area contributed by atoms with Crippen LogP contribution < -0.4 is 10.1 Å². The van der Waals surface area contributed by atoms with Crippen LogP contribution in [0.15, 0.2) is 24.3 Å². The van der Waals surface area contributed by atoms with Crippen molar-refractivity contribution in [3.05, 3.63) is 30.0 Å². The first kappa shape index (κ1) is 32.1. The number of aryl methyl sites for hydroxylation is 1. The number of hydrogen-bond donors (Lipinski definition) is 2. The van der Waals surface area contributed by atoms with Gasteiger partial charge in [-0.3, -0.25) is 14.5 Å². The lowest BCUT2D eigenvalue weighted by molar-refractivity contribution is -0.135. The average molecular weight is 581 g/mol. The number of nitrogens with zero attached hydrogens (tertiary/aromatic N) is 5. The number of benzene rings is 1. The van der Waals surface area contributed by atoms with E-state index in [9.17, 15) is 9.59 Å². The number of hydrogen-bond acceptors (Lipinski definition) is 8. The van der Waals surface area contributed by atoms with Gasteiger partial charge in [-0.1, -0.05) is 0 Å². The highest BCUT2D eigenvalue weighted by Crippen LogP contribution is 2.25. The zero-order valence-electron chi connectivity index (χ0n) is 24.2. The van der Waals surface area contributed by atoms with Gasteiger partial charge in [0.2, 0.25) is 5.91 Å². The maximum Gasteiger partial charge on any atom is 0.270 e. The van der Waals surface area contributed by atoms with Crippen LogP contribution >= 0.6 is 12.4 Å². The molecule has 2 aromatic rings. The van der Waals surface area contributed by atoms with Crippen molar-refractivity contribution in [2.45, 2.75) is 19.0 Å². The van der Waals surface area contributed by atoms with Crippen molar-refractivity contribution in [1.29, 1.82) is 0 Å². The van der Waals surface area contributed by atoms with Crippen molar-refractivity contribution in [2.24, 2.45) is 7.05 Å². The van der Waals surface area contributed by atoms with Crippen LogP contribution in [0.25, 0.3) is 10.9 Å². The molecular formula is C28H45ClN6O5. The molecular weight excluding hydrogens is 536 g/mol. The predicted molar refractivity (Wildman–Crippen MR) is 157 cm³/mol. The number of methoxy groups -OCH3 is 1. The van der Waals surface area contributed by atoms with Crippen LogP contribution in [0.3, 0.4) is 0 Å². The maximum atomic E-state index is 13.4. The highest BCUT2D eigenvalue weighted by molar-refractivity contribution is 5.99. The van der Waals surface area contributed by atoms with E-state index in [0.29, 0.717) is 57.7 Å². The first-order valence-corrected chi connectivity index (χ1v) is 13.9. The summed E-state index contributed by atoms with van der Waals surface area (Å²) in [6, 6.07) is 8.28.